The molecule has 1 heteroatoms. The highest BCUT2D eigenvalue weighted by molar-refractivity contribution is 5.79. The van der Waals surface area contributed by atoms with Crippen molar-refractivity contribution in [1.29, 1.82) is 0 Å². The predicted octanol–water partition coefficient (Wildman–Crippen LogP) is 3.67. The van der Waals surface area contributed by atoms with E-state index >= 15 is 0 Å². The Labute approximate surface area is 88.3 Å². The first-order valence-corrected chi connectivity index (χ1v) is 5.84. The zero-order chi connectivity index (χ0) is 10.9. The smallest absolute Gasteiger partial charge is 0.133 e. The van der Waals surface area contributed by atoms with Crippen molar-refractivity contribution in [1.82, 2.24) is 0 Å². The van der Waals surface area contributed by atoms with E-state index in [0.29, 0.717) is 23.0 Å². The first-order chi connectivity index (χ1) is 6.32. The molecule has 0 aromatic rings. The molecular weight excluding hydrogens is 172 g/mol. The van der Waals surface area contributed by atoms with Crippen molar-refractivity contribution in [3.05, 3.63) is 0 Å². The lowest BCUT2D eigenvalue weighted by Gasteiger charge is -2.42. The Balaban J connectivity index is 2.78. The second-order valence-electron chi connectivity index (χ2n) is 6.16. The molecule has 1 aliphatic carbocycles. The third-order valence-electron chi connectivity index (χ3n) is 3.68. The normalized spacial score (nSPS) is 29.7. The molecule has 2 atom stereocenters. The maximum atomic E-state index is 11.5. The minimum Gasteiger partial charge on any atom is -0.300 e. The van der Waals surface area contributed by atoms with Crippen LogP contribution in [-0.4, -0.2) is 5.78 Å². The maximum absolute atomic E-state index is 11.5. The molecule has 0 heterocycles. The summed E-state index contributed by atoms with van der Waals surface area (Å²) in [6.45, 7) is 11.4. The lowest BCUT2D eigenvalue weighted by atomic mass is 9.63. The molecular formula is C13H24O. The summed E-state index contributed by atoms with van der Waals surface area (Å²) in [6.07, 6.45) is 2.73. The largest absolute Gasteiger partial charge is 0.300 e. The van der Waals surface area contributed by atoms with Crippen molar-refractivity contribution in [2.45, 2.75) is 53.9 Å². The highest BCUT2D eigenvalue weighted by atomic mass is 16.1. The minimum atomic E-state index is 0.357. The Hall–Kier alpha value is -0.330. The molecule has 0 radical (unpaired) electrons. The van der Waals surface area contributed by atoms with E-state index in [0.717, 1.165) is 25.2 Å². The molecule has 2 unspecified atom stereocenters. The van der Waals surface area contributed by atoms with E-state index < -0.39 is 0 Å². The lowest BCUT2D eigenvalue weighted by Crippen LogP contribution is -2.36. The fourth-order valence-corrected chi connectivity index (χ4v) is 2.81. The summed E-state index contributed by atoms with van der Waals surface area (Å²) >= 11 is 0. The van der Waals surface area contributed by atoms with E-state index in [4.69, 9.17) is 0 Å². The summed E-state index contributed by atoms with van der Waals surface area (Å²) in [5.41, 5.74) is 0.357. The van der Waals surface area contributed by atoms with Crippen molar-refractivity contribution in [2.24, 2.45) is 23.2 Å². The molecule has 0 amide bonds. The molecule has 0 aliphatic heterocycles. The quantitative estimate of drug-likeness (QED) is 0.625. The monoisotopic (exact) mass is 196 g/mol. The fourth-order valence-electron chi connectivity index (χ4n) is 2.81. The molecule has 1 nitrogen and oxygen atoms in total. The van der Waals surface area contributed by atoms with E-state index in [2.05, 4.69) is 34.6 Å². The van der Waals surface area contributed by atoms with Crippen LogP contribution in [0.4, 0.5) is 0 Å². The van der Waals surface area contributed by atoms with Crippen LogP contribution in [0.2, 0.25) is 0 Å². The minimum absolute atomic E-state index is 0.357. The van der Waals surface area contributed by atoms with Gasteiger partial charge in [-0.25, -0.2) is 0 Å². The number of hydrogen-bond donors (Lipinski definition) is 0. The van der Waals surface area contributed by atoms with Crippen LogP contribution in [0.15, 0.2) is 0 Å². The average Bonchev–Trinajstić information content (AvgIpc) is 2.01. The third kappa shape index (κ3) is 2.59. The number of ketones is 1. The molecule has 0 aromatic heterocycles. The van der Waals surface area contributed by atoms with Gasteiger partial charge < -0.3 is 0 Å². The van der Waals surface area contributed by atoms with Gasteiger partial charge in [0, 0.05) is 12.8 Å². The topological polar surface area (TPSA) is 17.1 Å². The van der Waals surface area contributed by atoms with Gasteiger partial charge >= 0.3 is 0 Å². The fraction of sp³-hybridized carbons (Fsp3) is 0.923. The molecule has 14 heavy (non-hydrogen) atoms. The van der Waals surface area contributed by atoms with Gasteiger partial charge in [0.15, 0.2) is 0 Å². The second kappa shape index (κ2) is 4.04. The zero-order valence-corrected chi connectivity index (χ0v) is 10.3. The highest BCUT2D eigenvalue weighted by Crippen LogP contribution is 2.43. The predicted molar refractivity (Wildman–Crippen MR) is 60.1 cm³/mol. The van der Waals surface area contributed by atoms with Gasteiger partial charge in [0.2, 0.25) is 0 Å². The molecule has 0 aromatic carbocycles. The Morgan fingerprint density at radius 1 is 1.29 bits per heavy atom. The summed E-state index contributed by atoms with van der Waals surface area (Å²) in [6, 6.07) is 0. The molecule has 0 bridgehead atoms. The van der Waals surface area contributed by atoms with Gasteiger partial charge in [-0.1, -0.05) is 34.6 Å². The van der Waals surface area contributed by atoms with Crippen molar-refractivity contribution in [2.75, 3.05) is 0 Å². The van der Waals surface area contributed by atoms with Gasteiger partial charge in [-0.15, -0.1) is 0 Å². The van der Waals surface area contributed by atoms with E-state index in [1.807, 2.05) is 0 Å². The number of carbonyl (C=O) groups excluding carboxylic acids is 1. The summed E-state index contributed by atoms with van der Waals surface area (Å²) < 4.78 is 0. The van der Waals surface area contributed by atoms with Crippen LogP contribution in [0.1, 0.15) is 53.9 Å². The van der Waals surface area contributed by atoms with Gasteiger partial charge in [0.05, 0.1) is 0 Å². The summed E-state index contributed by atoms with van der Waals surface area (Å²) in [7, 11) is 0. The van der Waals surface area contributed by atoms with Crippen molar-refractivity contribution >= 4 is 5.78 Å². The van der Waals surface area contributed by atoms with Crippen LogP contribution in [0.3, 0.4) is 0 Å². The van der Waals surface area contributed by atoms with Crippen LogP contribution in [-0.2, 0) is 4.79 Å². The molecule has 82 valence electrons. The first-order valence-electron chi connectivity index (χ1n) is 5.84. The van der Waals surface area contributed by atoms with E-state index in [9.17, 15) is 4.79 Å². The maximum Gasteiger partial charge on any atom is 0.133 e. The Morgan fingerprint density at radius 2 is 1.86 bits per heavy atom. The van der Waals surface area contributed by atoms with Gasteiger partial charge in [-0.3, -0.25) is 4.79 Å². The lowest BCUT2D eigenvalue weighted by molar-refractivity contribution is -0.124. The Kier molecular flexibility index (Phi) is 3.39. The van der Waals surface area contributed by atoms with Crippen LogP contribution >= 0.6 is 0 Å². The standard InChI is InChI=1S/C13H24O/c1-9(2)11-8-10(14)6-7-12(11)13(3,4)5/h9,11-12H,6-8H2,1-5H3. The summed E-state index contributed by atoms with van der Waals surface area (Å²) in [5, 5.41) is 0. The van der Waals surface area contributed by atoms with Crippen LogP contribution in [0.25, 0.3) is 0 Å². The molecule has 1 fully saturated rings. The van der Waals surface area contributed by atoms with Gasteiger partial charge in [-0.2, -0.15) is 0 Å². The zero-order valence-electron chi connectivity index (χ0n) is 10.3. The molecule has 1 saturated carbocycles. The number of carbonyl (C=O) groups is 1. The van der Waals surface area contributed by atoms with E-state index in [-0.39, 0.29) is 0 Å². The van der Waals surface area contributed by atoms with Gasteiger partial charge in [-0.05, 0) is 29.6 Å². The van der Waals surface area contributed by atoms with Crippen LogP contribution in [0, 0.1) is 23.2 Å². The van der Waals surface area contributed by atoms with Gasteiger partial charge in [0.25, 0.3) is 0 Å². The number of Topliss-reactive ketones (excluding diaryl/α,β-unsaturated/α-hetero) is 1. The van der Waals surface area contributed by atoms with Gasteiger partial charge in [0.1, 0.15) is 5.78 Å². The van der Waals surface area contributed by atoms with Crippen LogP contribution in [0.5, 0.6) is 0 Å². The molecule has 0 N–H and O–H groups in total. The second-order valence-corrected chi connectivity index (χ2v) is 6.16. The number of hydrogen-bond acceptors (Lipinski definition) is 1. The molecule has 0 saturated heterocycles. The molecule has 1 aliphatic rings. The summed E-state index contributed by atoms with van der Waals surface area (Å²) in [5.74, 6) is 2.45. The molecule has 0 spiro atoms. The average molecular weight is 196 g/mol. The Bertz CT molecular complexity index is 210. The third-order valence-corrected chi connectivity index (χ3v) is 3.68. The SMILES string of the molecule is CC(C)C1CC(=O)CCC1C(C)(C)C. The van der Waals surface area contributed by atoms with Crippen molar-refractivity contribution in [3.63, 3.8) is 0 Å². The van der Waals surface area contributed by atoms with Crippen molar-refractivity contribution in [3.8, 4) is 0 Å². The van der Waals surface area contributed by atoms with Crippen LogP contribution < -0.4 is 0 Å². The first kappa shape index (κ1) is 11.7. The number of rotatable bonds is 1. The summed E-state index contributed by atoms with van der Waals surface area (Å²) in [4.78, 5) is 11.5. The van der Waals surface area contributed by atoms with E-state index in [1.54, 1.807) is 0 Å². The molecule has 1 rings (SSSR count). The van der Waals surface area contributed by atoms with E-state index in [1.165, 1.54) is 0 Å². The Morgan fingerprint density at radius 3 is 2.29 bits per heavy atom. The van der Waals surface area contributed by atoms with Crippen molar-refractivity contribution < 1.29 is 4.79 Å². The highest BCUT2D eigenvalue weighted by Gasteiger charge is 2.37.